The molecule has 92 valence electrons. The number of aryl methyl sites for hydroxylation is 1. The van der Waals surface area contributed by atoms with Crippen LogP contribution in [0.4, 0.5) is 0 Å². The number of aromatic nitrogens is 1. The van der Waals surface area contributed by atoms with Crippen LogP contribution in [0.25, 0.3) is 0 Å². The van der Waals surface area contributed by atoms with Gasteiger partial charge in [-0.2, -0.15) is 0 Å². The van der Waals surface area contributed by atoms with Crippen LogP contribution >= 0.6 is 11.3 Å². The topological polar surface area (TPSA) is 56.3 Å². The van der Waals surface area contributed by atoms with E-state index in [0.29, 0.717) is 12.8 Å². The molecule has 2 rings (SSSR count). The zero-order valence-electron chi connectivity index (χ0n) is 9.93. The van der Waals surface area contributed by atoms with Crippen LogP contribution in [0.3, 0.4) is 0 Å². The summed E-state index contributed by atoms with van der Waals surface area (Å²) in [7, 11) is 1.33. The first-order valence-corrected chi connectivity index (χ1v) is 6.52. The Balaban J connectivity index is 2.08. The first-order chi connectivity index (χ1) is 8.13. The highest BCUT2D eigenvalue weighted by Gasteiger charge is 2.35. The number of hydrogen-bond donors (Lipinski definition) is 0. The highest BCUT2D eigenvalue weighted by atomic mass is 32.1. The van der Waals surface area contributed by atoms with Gasteiger partial charge in [0.25, 0.3) is 0 Å². The Hall–Kier alpha value is -1.23. The van der Waals surface area contributed by atoms with Crippen LogP contribution in [-0.2, 0) is 14.3 Å². The largest absolute Gasteiger partial charge is 0.468 e. The highest BCUT2D eigenvalue weighted by molar-refractivity contribution is 7.09. The fourth-order valence-corrected chi connectivity index (χ4v) is 3.28. The van der Waals surface area contributed by atoms with Gasteiger partial charge >= 0.3 is 5.97 Å². The van der Waals surface area contributed by atoms with Gasteiger partial charge in [0.2, 0.25) is 0 Å². The Morgan fingerprint density at radius 3 is 2.82 bits per heavy atom. The van der Waals surface area contributed by atoms with Crippen molar-refractivity contribution in [3.63, 3.8) is 0 Å². The second kappa shape index (κ2) is 4.96. The summed E-state index contributed by atoms with van der Waals surface area (Å²) < 4.78 is 4.64. The molecule has 2 unspecified atom stereocenters. The lowest BCUT2D eigenvalue weighted by Crippen LogP contribution is -2.31. The van der Waals surface area contributed by atoms with Crippen LogP contribution < -0.4 is 0 Å². The zero-order chi connectivity index (χ0) is 12.4. The molecule has 1 aliphatic carbocycles. The third-order valence-corrected chi connectivity index (χ3v) is 4.37. The van der Waals surface area contributed by atoms with Gasteiger partial charge in [0.1, 0.15) is 11.7 Å². The van der Waals surface area contributed by atoms with Crippen LogP contribution in [0.2, 0.25) is 0 Å². The fourth-order valence-electron chi connectivity index (χ4n) is 2.33. The van der Waals surface area contributed by atoms with Gasteiger partial charge in [0, 0.05) is 17.2 Å². The Kier molecular flexibility index (Phi) is 3.57. The minimum atomic E-state index is -0.551. The zero-order valence-corrected chi connectivity index (χ0v) is 10.8. The van der Waals surface area contributed by atoms with Crippen molar-refractivity contribution in [2.45, 2.75) is 32.1 Å². The number of rotatable bonds is 2. The number of nitrogens with zero attached hydrogens (tertiary/aromatic N) is 1. The van der Waals surface area contributed by atoms with Crippen LogP contribution in [-0.4, -0.2) is 23.8 Å². The van der Waals surface area contributed by atoms with E-state index in [1.807, 2.05) is 12.4 Å². The van der Waals surface area contributed by atoms with E-state index in [0.717, 1.165) is 12.1 Å². The number of thiazole rings is 1. The predicted molar refractivity (Wildman–Crippen MR) is 64.0 cm³/mol. The molecule has 1 aromatic heterocycles. The van der Waals surface area contributed by atoms with Gasteiger partial charge < -0.3 is 4.74 Å². The second-order valence-corrected chi connectivity index (χ2v) is 5.21. The number of Topliss-reactive ketones (excluding diaryl/α,β-unsaturated/α-hetero) is 1. The average molecular weight is 253 g/mol. The van der Waals surface area contributed by atoms with Gasteiger partial charge in [-0.25, -0.2) is 4.98 Å². The molecule has 0 saturated heterocycles. The van der Waals surface area contributed by atoms with E-state index >= 15 is 0 Å². The maximum atomic E-state index is 11.9. The van der Waals surface area contributed by atoms with Crippen molar-refractivity contribution in [1.82, 2.24) is 4.98 Å². The SMILES string of the molecule is COC(=O)C1CCC(c2scnc2C)CC1=O. The molecule has 0 aliphatic heterocycles. The molecule has 0 amide bonds. The van der Waals surface area contributed by atoms with Crippen LogP contribution in [0.5, 0.6) is 0 Å². The molecule has 1 saturated carbocycles. The summed E-state index contributed by atoms with van der Waals surface area (Å²) in [5, 5.41) is 0. The minimum absolute atomic E-state index is 0.000833. The molecule has 4 nitrogen and oxygen atoms in total. The average Bonchev–Trinajstić information content (AvgIpc) is 2.74. The lowest BCUT2D eigenvalue weighted by atomic mass is 9.80. The van der Waals surface area contributed by atoms with E-state index < -0.39 is 11.9 Å². The summed E-state index contributed by atoms with van der Waals surface area (Å²) in [6.45, 7) is 1.96. The smallest absolute Gasteiger partial charge is 0.316 e. The lowest BCUT2D eigenvalue weighted by Gasteiger charge is -2.25. The van der Waals surface area contributed by atoms with Crippen LogP contribution in [0.15, 0.2) is 5.51 Å². The molecular weight excluding hydrogens is 238 g/mol. The van der Waals surface area contributed by atoms with Crippen molar-refractivity contribution < 1.29 is 14.3 Å². The van der Waals surface area contributed by atoms with Crippen LogP contribution in [0, 0.1) is 12.8 Å². The molecule has 0 spiro atoms. The van der Waals surface area contributed by atoms with E-state index in [-0.39, 0.29) is 11.7 Å². The summed E-state index contributed by atoms with van der Waals surface area (Å²) in [6, 6.07) is 0. The molecular formula is C12H15NO3S. The van der Waals surface area contributed by atoms with Crippen molar-refractivity contribution in [2.24, 2.45) is 5.92 Å². The molecule has 1 aliphatic rings. The van der Waals surface area contributed by atoms with Gasteiger partial charge in [0.05, 0.1) is 18.3 Å². The molecule has 17 heavy (non-hydrogen) atoms. The molecule has 0 N–H and O–H groups in total. The molecule has 1 fully saturated rings. The molecule has 1 aromatic rings. The lowest BCUT2D eigenvalue weighted by molar-refractivity contribution is -0.150. The summed E-state index contributed by atoms with van der Waals surface area (Å²) in [4.78, 5) is 28.7. The summed E-state index contributed by atoms with van der Waals surface area (Å²) in [6.07, 6.45) is 1.88. The molecule has 1 heterocycles. The first-order valence-electron chi connectivity index (χ1n) is 5.64. The van der Waals surface area contributed by atoms with Crippen molar-refractivity contribution in [3.05, 3.63) is 16.1 Å². The van der Waals surface area contributed by atoms with Gasteiger partial charge in [-0.3, -0.25) is 9.59 Å². The maximum Gasteiger partial charge on any atom is 0.316 e. The normalized spacial score (nSPS) is 24.7. The summed E-state index contributed by atoms with van der Waals surface area (Å²) in [5.41, 5.74) is 2.81. The van der Waals surface area contributed by atoms with Crippen molar-refractivity contribution in [3.8, 4) is 0 Å². The van der Waals surface area contributed by atoms with Gasteiger partial charge in [-0.15, -0.1) is 11.3 Å². The number of ether oxygens (including phenoxy) is 1. The third-order valence-electron chi connectivity index (χ3n) is 3.28. The molecule has 0 radical (unpaired) electrons. The molecule has 5 heteroatoms. The van der Waals surface area contributed by atoms with Crippen molar-refractivity contribution in [1.29, 1.82) is 0 Å². The Morgan fingerprint density at radius 1 is 1.53 bits per heavy atom. The van der Waals surface area contributed by atoms with Crippen molar-refractivity contribution >= 4 is 23.1 Å². The van der Waals surface area contributed by atoms with E-state index in [1.54, 1.807) is 11.3 Å². The van der Waals surface area contributed by atoms with Gasteiger partial charge in [-0.05, 0) is 19.8 Å². The Morgan fingerprint density at radius 2 is 2.29 bits per heavy atom. The number of ketones is 1. The third kappa shape index (κ3) is 2.39. The standard InChI is InChI=1S/C12H15NO3S/c1-7-11(17-6-13-7)8-3-4-9(10(14)5-8)12(15)16-2/h6,8-9H,3-5H2,1-2H3. The van der Waals surface area contributed by atoms with E-state index in [1.165, 1.54) is 12.0 Å². The molecule has 0 aromatic carbocycles. The van der Waals surface area contributed by atoms with E-state index in [2.05, 4.69) is 9.72 Å². The number of carbonyl (C=O) groups is 2. The number of esters is 1. The predicted octanol–water partition coefficient (Wildman–Crippen LogP) is 2.08. The van der Waals surface area contributed by atoms with E-state index in [4.69, 9.17) is 0 Å². The minimum Gasteiger partial charge on any atom is -0.468 e. The summed E-state index contributed by atoms with van der Waals surface area (Å²) >= 11 is 1.59. The fraction of sp³-hybridized carbons (Fsp3) is 0.583. The van der Waals surface area contributed by atoms with E-state index in [9.17, 15) is 9.59 Å². The number of methoxy groups -OCH3 is 1. The van der Waals surface area contributed by atoms with Crippen molar-refractivity contribution in [2.75, 3.05) is 7.11 Å². The van der Waals surface area contributed by atoms with Gasteiger partial charge in [-0.1, -0.05) is 0 Å². The molecule has 2 atom stereocenters. The quantitative estimate of drug-likeness (QED) is 0.598. The highest BCUT2D eigenvalue weighted by Crippen LogP contribution is 2.37. The maximum absolute atomic E-state index is 11.9. The van der Waals surface area contributed by atoms with Crippen LogP contribution in [0.1, 0.15) is 35.8 Å². The Bertz CT molecular complexity index is 441. The van der Waals surface area contributed by atoms with Gasteiger partial charge in [0.15, 0.2) is 0 Å². The number of hydrogen-bond acceptors (Lipinski definition) is 5. The second-order valence-electron chi connectivity index (χ2n) is 4.32. The number of carbonyl (C=O) groups excluding carboxylic acids is 2. The Labute approximate surface area is 104 Å². The first kappa shape index (κ1) is 12.2. The monoisotopic (exact) mass is 253 g/mol. The molecule has 0 bridgehead atoms. The summed E-state index contributed by atoms with van der Waals surface area (Å²) in [5.74, 6) is -0.712.